The molecule has 1 aliphatic carbocycles. The van der Waals surface area contributed by atoms with E-state index in [1.54, 1.807) is 5.56 Å². The van der Waals surface area contributed by atoms with Gasteiger partial charge in [-0.2, -0.15) is 0 Å². The molecule has 1 atom stereocenters. The summed E-state index contributed by atoms with van der Waals surface area (Å²) in [5, 5.41) is 0. The van der Waals surface area contributed by atoms with Gasteiger partial charge in [-0.05, 0) is 54.0 Å². The van der Waals surface area contributed by atoms with Crippen molar-refractivity contribution >= 4 is 5.69 Å². The van der Waals surface area contributed by atoms with E-state index in [0.29, 0.717) is 5.92 Å². The van der Waals surface area contributed by atoms with Crippen LogP contribution >= 0.6 is 0 Å². The molecular weight excluding hydrogens is 350 g/mol. The molecule has 29 heavy (non-hydrogen) atoms. The molecule has 0 radical (unpaired) electrons. The summed E-state index contributed by atoms with van der Waals surface area (Å²) in [4.78, 5) is 0. The van der Waals surface area contributed by atoms with E-state index in [4.69, 9.17) is 5.73 Å². The first-order chi connectivity index (χ1) is 14.3. The van der Waals surface area contributed by atoms with Gasteiger partial charge >= 0.3 is 0 Å². The Morgan fingerprint density at radius 1 is 0.724 bits per heavy atom. The van der Waals surface area contributed by atoms with E-state index in [1.807, 2.05) is 0 Å². The monoisotopic (exact) mass is 391 g/mol. The Kier molecular flexibility index (Phi) is 9.12. The Morgan fingerprint density at radius 3 is 1.90 bits per heavy atom. The lowest BCUT2D eigenvalue weighted by Gasteiger charge is -2.23. The van der Waals surface area contributed by atoms with E-state index in [9.17, 15) is 0 Å². The Morgan fingerprint density at radius 2 is 1.28 bits per heavy atom. The molecule has 2 aromatic rings. The van der Waals surface area contributed by atoms with Crippen LogP contribution in [-0.4, -0.2) is 0 Å². The minimum atomic E-state index is 0.492. The lowest BCUT2D eigenvalue weighted by Crippen LogP contribution is -2.06. The number of nitrogens with two attached hydrogens (primary N) is 1. The molecule has 1 aliphatic rings. The molecule has 0 bridgehead atoms. The van der Waals surface area contributed by atoms with Gasteiger partial charge < -0.3 is 5.73 Å². The van der Waals surface area contributed by atoms with Crippen molar-refractivity contribution in [1.29, 1.82) is 0 Å². The van der Waals surface area contributed by atoms with Crippen LogP contribution in [0, 0.1) is 0 Å². The smallest absolute Gasteiger partial charge is 0.0314 e. The second-order valence-electron chi connectivity index (χ2n) is 9.13. The number of hydrogen-bond acceptors (Lipinski definition) is 1. The van der Waals surface area contributed by atoms with Gasteiger partial charge in [-0.1, -0.05) is 108 Å². The molecule has 0 amide bonds. The Labute approximate surface area is 179 Å². The molecule has 0 heterocycles. The third-order valence-electron chi connectivity index (χ3n) is 6.85. The minimum Gasteiger partial charge on any atom is -0.399 e. The fraction of sp³-hybridized carbons (Fsp3) is 0.571. The molecule has 2 aromatic carbocycles. The molecule has 1 nitrogen and oxygen atoms in total. The maximum atomic E-state index is 5.95. The van der Waals surface area contributed by atoms with Crippen molar-refractivity contribution in [3.63, 3.8) is 0 Å². The van der Waals surface area contributed by atoms with Gasteiger partial charge in [-0.15, -0.1) is 0 Å². The summed E-state index contributed by atoms with van der Waals surface area (Å²) < 4.78 is 0. The molecule has 0 aromatic heterocycles. The van der Waals surface area contributed by atoms with Gasteiger partial charge in [0, 0.05) is 11.6 Å². The highest BCUT2D eigenvalue weighted by Gasteiger charge is 2.18. The predicted octanol–water partition coefficient (Wildman–Crippen LogP) is 8.59. The van der Waals surface area contributed by atoms with Crippen LogP contribution in [0.2, 0.25) is 0 Å². The highest BCUT2D eigenvalue weighted by Crippen LogP contribution is 2.35. The van der Waals surface area contributed by atoms with Crippen molar-refractivity contribution in [2.45, 2.75) is 102 Å². The minimum absolute atomic E-state index is 0.492. The molecule has 2 N–H and O–H groups in total. The number of unbranched alkanes of at least 4 members (excludes halogenated alkanes) is 6. The number of benzene rings is 2. The van der Waals surface area contributed by atoms with Crippen LogP contribution in [0.25, 0.3) is 0 Å². The topological polar surface area (TPSA) is 26.0 Å². The van der Waals surface area contributed by atoms with Crippen LogP contribution in [0.1, 0.15) is 119 Å². The first kappa shape index (κ1) is 21.9. The third kappa shape index (κ3) is 6.91. The summed E-state index contributed by atoms with van der Waals surface area (Å²) in [6, 6.07) is 18.2. The zero-order chi connectivity index (χ0) is 20.3. The normalized spacial score (nSPS) is 16.0. The zero-order valence-electron chi connectivity index (χ0n) is 18.5. The second kappa shape index (κ2) is 12.1. The maximum absolute atomic E-state index is 5.95. The number of anilines is 1. The fourth-order valence-corrected chi connectivity index (χ4v) is 5.00. The van der Waals surface area contributed by atoms with Gasteiger partial charge in [-0.3, -0.25) is 0 Å². The summed E-state index contributed by atoms with van der Waals surface area (Å²) in [6.07, 6.45) is 17.8. The first-order valence-corrected chi connectivity index (χ1v) is 12.2. The van der Waals surface area contributed by atoms with Crippen molar-refractivity contribution < 1.29 is 0 Å². The van der Waals surface area contributed by atoms with Crippen LogP contribution < -0.4 is 5.73 Å². The summed E-state index contributed by atoms with van der Waals surface area (Å²) in [5.41, 5.74) is 11.2. The predicted molar refractivity (Wildman–Crippen MR) is 128 cm³/mol. The van der Waals surface area contributed by atoms with E-state index in [2.05, 4.69) is 55.5 Å². The van der Waals surface area contributed by atoms with Crippen molar-refractivity contribution in [2.24, 2.45) is 0 Å². The fourth-order valence-electron chi connectivity index (χ4n) is 5.00. The van der Waals surface area contributed by atoms with Crippen molar-refractivity contribution in [2.75, 3.05) is 5.73 Å². The summed E-state index contributed by atoms with van der Waals surface area (Å²) in [5.74, 6) is 1.28. The molecular formula is C28H41N. The van der Waals surface area contributed by atoms with Gasteiger partial charge in [0.25, 0.3) is 0 Å². The van der Waals surface area contributed by atoms with Gasteiger partial charge in [0.1, 0.15) is 0 Å². The molecule has 0 aliphatic heterocycles. The lowest BCUT2D eigenvalue weighted by atomic mass is 9.82. The number of rotatable bonds is 11. The molecule has 1 fully saturated rings. The average molecular weight is 392 g/mol. The van der Waals surface area contributed by atoms with Crippen LogP contribution in [0.15, 0.2) is 48.5 Å². The Balaban J connectivity index is 1.63. The standard InChI is InChI=1S/C28H41N/c1-2-3-4-5-6-7-11-14-28(26-19-21-27(29)22-20-26)25-17-15-24(16-18-25)23-12-9-8-10-13-23/h15-23,28H,2-14,29H2,1H3. The summed E-state index contributed by atoms with van der Waals surface area (Å²) in [6.45, 7) is 2.29. The quantitative estimate of drug-likeness (QED) is 0.301. The van der Waals surface area contributed by atoms with Crippen molar-refractivity contribution in [3.8, 4) is 0 Å². The van der Waals surface area contributed by atoms with Gasteiger partial charge in [0.05, 0.1) is 0 Å². The molecule has 3 rings (SSSR count). The van der Waals surface area contributed by atoms with E-state index < -0.39 is 0 Å². The van der Waals surface area contributed by atoms with E-state index in [0.717, 1.165) is 11.6 Å². The molecule has 1 unspecified atom stereocenters. The van der Waals surface area contributed by atoms with Crippen LogP contribution in [0.5, 0.6) is 0 Å². The van der Waals surface area contributed by atoms with Crippen LogP contribution in [-0.2, 0) is 0 Å². The van der Waals surface area contributed by atoms with Crippen molar-refractivity contribution in [3.05, 3.63) is 65.2 Å². The number of nitrogen functional groups attached to an aromatic ring is 1. The van der Waals surface area contributed by atoms with E-state index in [1.165, 1.54) is 94.6 Å². The van der Waals surface area contributed by atoms with E-state index >= 15 is 0 Å². The molecule has 0 spiro atoms. The molecule has 0 saturated heterocycles. The third-order valence-corrected chi connectivity index (χ3v) is 6.85. The van der Waals surface area contributed by atoms with Crippen molar-refractivity contribution in [1.82, 2.24) is 0 Å². The zero-order valence-corrected chi connectivity index (χ0v) is 18.5. The largest absolute Gasteiger partial charge is 0.399 e. The van der Waals surface area contributed by atoms with Crippen LogP contribution in [0.3, 0.4) is 0 Å². The summed E-state index contributed by atoms with van der Waals surface area (Å²) >= 11 is 0. The summed E-state index contributed by atoms with van der Waals surface area (Å²) in [7, 11) is 0. The van der Waals surface area contributed by atoms with Gasteiger partial charge in [0.2, 0.25) is 0 Å². The van der Waals surface area contributed by atoms with E-state index in [-0.39, 0.29) is 0 Å². The van der Waals surface area contributed by atoms with Crippen LogP contribution in [0.4, 0.5) is 5.69 Å². The van der Waals surface area contributed by atoms with Gasteiger partial charge in [-0.25, -0.2) is 0 Å². The first-order valence-electron chi connectivity index (χ1n) is 12.2. The molecule has 1 saturated carbocycles. The molecule has 1 heteroatoms. The lowest BCUT2D eigenvalue weighted by molar-refractivity contribution is 0.443. The number of hydrogen-bond donors (Lipinski definition) is 1. The highest BCUT2D eigenvalue weighted by atomic mass is 14.5. The Bertz CT molecular complexity index is 679. The average Bonchev–Trinajstić information content (AvgIpc) is 2.77. The highest BCUT2D eigenvalue weighted by molar-refractivity contribution is 5.43. The molecule has 158 valence electrons. The maximum Gasteiger partial charge on any atom is 0.0314 e. The van der Waals surface area contributed by atoms with Gasteiger partial charge in [0.15, 0.2) is 0 Å². The SMILES string of the molecule is CCCCCCCCCC(c1ccc(N)cc1)c1ccc(C2CCCCC2)cc1. The second-order valence-corrected chi connectivity index (χ2v) is 9.13. The Hall–Kier alpha value is -1.76.